The van der Waals surface area contributed by atoms with Gasteiger partial charge in [0.1, 0.15) is 9.88 Å². The van der Waals surface area contributed by atoms with Gasteiger partial charge in [0.15, 0.2) is 5.96 Å². The molecule has 0 bridgehead atoms. The Balaban J connectivity index is 0.00000480. The molecule has 0 aliphatic heterocycles. The van der Waals surface area contributed by atoms with Crippen molar-refractivity contribution < 1.29 is 14.3 Å². The molecule has 0 amide bonds. The standard InChI is InChI=1S/C22H32N4O3S.HI/c1-6-28-21(27)19-15(2)25-20(30-19)16(3)26-22(23-5)24-13-10-14-29-17(4)18-11-8-7-9-12-18;/h7-9,11-12,16-17H,6,10,13-14H2,1-5H3,(H2,23,24,26);1H. The molecule has 0 saturated carbocycles. The number of esters is 1. The predicted molar refractivity (Wildman–Crippen MR) is 137 cm³/mol. The Hall–Kier alpha value is -1.72. The zero-order valence-corrected chi connectivity index (χ0v) is 22.0. The number of hydrogen-bond donors (Lipinski definition) is 2. The van der Waals surface area contributed by atoms with Crippen molar-refractivity contribution >= 4 is 47.2 Å². The molecular weight excluding hydrogens is 527 g/mol. The van der Waals surface area contributed by atoms with Crippen molar-refractivity contribution in [2.24, 2.45) is 4.99 Å². The molecule has 172 valence electrons. The molecule has 2 rings (SSSR count). The quantitative estimate of drug-likeness (QED) is 0.145. The van der Waals surface area contributed by atoms with Gasteiger partial charge in [0, 0.05) is 20.2 Å². The molecule has 0 fully saturated rings. The number of aromatic nitrogens is 1. The Morgan fingerprint density at radius 1 is 1.26 bits per heavy atom. The summed E-state index contributed by atoms with van der Waals surface area (Å²) >= 11 is 1.35. The number of carbonyl (C=O) groups is 1. The van der Waals surface area contributed by atoms with Gasteiger partial charge in [-0.05, 0) is 39.7 Å². The molecule has 0 radical (unpaired) electrons. The first-order chi connectivity index (χ1) is 14.5. The minimum Gasteiger partial charge on any atom is -0.462 e. The van der Waals surface area contributed by atoms with E-state index in [0.29, 0.717) is 29.7 Å². The highest BCUT2D eigenvalue weighted by Crippen LogP contribution is 2.24. The minimum absolute atomic E-state index is 0. The van der Waals surface area contributed by atoms with Gasteiger partial charge in [-0.2, -0.15) is 0 Å². The minimum atomic E-state index is -0.321. The number of hydrogen-bond acceptors (Lipinski definition) is 6. The first-order valence-electron chi connectivity index (χ1n) is 10.2. The normalized spacial score (nSPS) is 13.1. The lowest BCUT2D eigenvalue weighted by atomic mass is 10.1. The van der Waals surface area contributed by atoms with Crippen molar-refractivity contribution in [3.05, 3.63) is 51.5 Å². The fourth-order valence-electron chi connectivity index (χ4n) is 2.81. The zero-order chi connectivity index (χ0) is 21.9. The Morgan fingerprint density at radius 3 is 2.61 bits per heavy atom. The van der Waals surface area contributed by atoms with Gasteiger partial charge in [0.25, 0.3) is 0 Å². The van der Waals surface area contributed by atoms with Crippen molar-refractivity contribution in [1.82, 2.24) is 15.6 Å². The smallest absolute Gasteiger partial charge is 0.350 e. The van der Waals surface area contributed by atoms with Crippen LogP contribution in [0.1, 0.15) is 65.3 Å². The highest BCUT2D eigenvalue weighted by Gasteiger charge is 2.20. The number of nitrogens with zero attached hydrogens (tertiary/aromatic N) is 2. The Morgan fingerprint density at radius 2 is 1.97 bits per heavy atom. The van der Waals surface area contributed by atoms with Crippen molar-refractivity contribution in [3.63, 3.8) is 0 Å². The number of thiazole rings is 1. The molecular formula is C22H33IN4O3S. The zero-order valence-electron chi connectivity index (χ0n) is 18.8. The van der Waals surface area contributed by atoms with Crippen LogP contribution in [0, 0.1) is 6.92 Å². The van der Waals surface area contributed by atoms with Crippen molar-refractivity contribution in [3.8, 4) is 0 Å². The maximum absolute atomic E-state index is 12.0. The van der Waals surface area contributed by atoms with E-state index < -0.39 is 0 Å². The van der Waals surface area contributed by atoms with Crippen LogP contribution < -0.4 is 10.6 Å². The summed E-state index contributed by atoms with van der Waals surface area (Å²) in [5.41, 5.74) is 1.87. The second-order valence-corrected chi connectivity index (χ2v) is 7.86. The van der Waals surface area contributed by atoms with E-state index in [1.165, 1.54) is 16.9 Å². The van der Waals surface area contributed by atoms with Gasteiger partial charge < -0.3 is 20.1 Å². The van der Waals surface area contributed by atoms with Crippen LogP contribution in [0.15, 0.2) is 35.3 Å². The number of carbonyl (C=O) groups excluding carboxylic acids is 1. The third kappa shape index (κ3) is 8.74. The fraction of sp³-hybridized carbons (Fsp3) is 0.500. The summed E-state index contributed by atoms with van der Waals surface area (Å²) < 4.78 is 11.0. The van der Waals surface area contributed by atoms with Crippen LogP contribution in [0.25, 0.3) is 0 Å². The Bertz CT molecular complexity index is 829. The molecule has 2 atom stereocenters. The summed E-state index contributed by atoms with van der Waals surface area (Å²) in [5, 5.41) is 7.42. The van der Waals surface area contributed by atoms with E-state index in [1.807, 2.05) is 32.0 Å². The van der Waals surface area contributed by atoms with Gasteiger partial charge in [0.05, 0.1) is 24.4 Å². The topological polar surface area (TPSA) is 84.8 Å². The van der Waals surface area contributed by atoms with Gasteiger partial charge in [0.2, 0.25) is 0 Å². The summed E-state index contributed by atoms with van der Waals surface area (Å²) in [4.78, 5) is 21.3. The number of guanidine groups is 1. The number of aliphatic imine (C=N–C) groups is 1. The summed E-state index contributed by atoms with van der Waals surface area (Å²) in [7, 11) is 1.73. The molecule has 31 heavy (non-hydrogen) atoms. The van der Waals surface area contributed by atoms with Crippen LogP contribution in [0.5, 0.6) is 0 Å². The summed E-state index contributed by atoms with van der Waals surface area (Å²) in [6.45, 7) is 9.41. The average Bonchev–Trinajstić information content (AvgIpc) is 3.15. The predicted octanol–water partition coefficient (Wildman–Crippen LogP) is 4.64. The first kappa shape index (κ1) is 27.3. The molecule has 2 N–H and O–H groups in total. The van der Waals surface area contributed by atoms with Gasteiger partial charge >= 0.3 is 5.97 Å². The molecule has 2 unspecified atom stereocenters. The molecule has 1 aromatic carbocycles. The third-order valence-corrected chi connectivity index (χ3v) is 5.79. The molecule has 0 aliphatic rings. The van der Waals surface area contributed by atoms with Crippen LogP contribution in [0.4, 0.5) is 0 Å². The number of nitrogens with one attached hydrogen (secondary N) is 2. The SMILES string of the molecule is CCOC(=O)c1sc(C(C)NC(=NC)NCCCOC(C)c2ccccc2)nc1C.I. The first-order valence-corrected chi connectivity index (χ1v) is 11.1. The second-order valence-electron chi connectivity index (χ2n) is 6.83. The van der Waals surface area contributed by atoms with Gasteiger partial charge in [-0.25, -0.2) is 9.78 Å². The summed E-state index contributed by atoms with van der Waals surface area (Å²) in [6.07, 6.45) is 0.931. The lowest BCUT2D eigenvalue weighted by Gasteiger charge is -2.17. The summed E-state index contributed by atoms with van der Waals surface area (Å²) in [5.74, 6) is 0.363. The van der Waals surface area contributed by atoms with E-state index in [4.69, 9.17) is 9.47 Å². The van der Waals surface area contributed by atoms with Crippen LogP contribution in [-0.4, -0.2) is 43.7 Å². The number of ether oxygens (including phenoxy) is 2. The molecule has 0 aliphatic carbocycles. The molecule has 2 aromatic rings. The van der Waals surface area contributed by atoms with Crippen molar-refractivity contribution in [1.29, 1.82) is 0 Å². The molecule has 0 saturated heterocycles. The maximum Gasteiger partial charge on any atom is 0.350 e. The largest absolute Gasteiger partial charge is 0.462 e. The van der Waals surface area contributed by atoms with Crippen molar-refractivity contribution in [2.75, 3.05) is 26.8 Å². The fourth-order valence-corrected chi connectivity index (χ4v) is 3.77. The lowest BCUT2D eigenvalue weighted by Crippen LogP contribution is -2.39. The van der Waals surface area contributed by atoms with E-state index in [9.17, 15) is 4.79 Å². The Labute approximate surface area is 206 Å². The van der Waals surface area contributed by atoms with Gasteiger partial charge in [-0.1, -0.05) is 30.3 Å². The van der Waals surface area contributed by atoms with E-state index in [-0.39, 0.29) is 42.1 Å². The molecule has 9 heteroatoms. The molecule has 1 heterocycles. The summed E-state index contributed by atoms with van der Waals surface area (Å²) in [6, 6.07) is 10.1. The van der Waals surface area contributed by atoms with E-state index in [0.717, 1.165) is 18.0 Å². The van der Waals surface area contributed by atoms with Crippen LogP contribution >= 0.6 is 35.3 Å². The van der Waals surface area contributed by atoms with Crippen LogP contribution in [0.3, 0.4) is 0 Å². The monoisotopic (exact) mass is 560 g/mol. The van der Waals surface area contributed by atoms with Gasteiger partial charge in [-0.15, -0.1) is 35.3 Å². The van der Waals surface area contributed by atoms with Crippen LogP contribution in [0.2, 0.25) is 0 Å². The number of benzene rings is 1. The average molecular weight is 561 g/mol. The van der Waals surface area contributed by atoms with Gasteiger partial charge in [-0.3, -0.25) is 4.99 Å². The van der Waals surface area contributed by atoms with E-state index in [1.54, 1.807) is 14.0 Å². The highest BCUT2D eigenvalue weighted by molar-refractivity contribution is 14.0. The number of rotatable bonds is 10. The van der Waals surface area contributed by atoms with E-state index in [2.05, 4.69) is 39.7 Å². The maximum atomic E-state index is 12.0. The second kappa shape index (κ2) is 14.4. The van der Waals surface area contributed by atoms with Crippen molar-refractivity contribution in [2.45, 2.75) is 46.3 Å². The third-order valence-electron chi connectivity index (χ3n) is 4.47. The lowest BCUT2D eigenvalue weighted by molar-refractivity contribution is 0.0531. The molecule has 1 aromatic heterocycles. The number of halogens is 1. The van der Waals surface area contributed by atoms with Crippen LogP contribution in [-0.2, 0) is 9.47 Å². The Kier molecular flexibility index (Phi) is 12.7. The highest BCUT2D eigenvalue weighted by atomic mass is 127. The van der Waals surface area contributed by atoms with E-state index >= 15 is 0 Å². The number of aryl methyl sites for hydroxylation is 1. The molecule has 0 spiro atoms. The molecule has 7 nitrogen and oxygen atoms in total.